The van der Waals surface area contributed by atoms with Crippen molar-refractivity contribution in [1.82, 2.24) is 0 Å². The molecule has 0 aliphatic heterocycles. The Morgan fingerprint density at radius 1 is 1.12 bits per heavy atom. The van der Waals surface area contributed by atoms with Crippen LogP contribution in [0.5, 0.6) is 5.75 Å². The molecule has 7 heteroatoms. The summed E-state index contributed by atoms with van der Waals surface area (Å²) in [6, 6.07) is 11.3. The van der Waals surface area contributed by atoms with Crippen molar-refractivity contribution in [3.8, 4) is 5.75 Å². The molecule has 0 saturated heterocycles. The van der Waals surface area contributed by atoms with Crippen molar-refractivity contribution in [3.63, 3.8) is 0 Å². The van der Waals surface area contributed by atoms with Crippen molar-refractivity contribution in [2.45, 2.75) is 23.6 Å². The molecule has 2 atom stereocenters. The third-order valence-electron chi connectivity index (χ3n) is 3.63. The van der Waals surface area contributed by atoms with Crippen molar-refractivity contribution >= 4 is 10.8 Å². The van der Waals surface area contributed by atoms with Crippen LogP contribution in [-0.2, 0) is 16.4 Å². The molecular weight excluding hydrogens is 341 g/mol. The zero-order valence-corrected chi connectivity index (χ0v) is 13.9. The first-order chi connectivity index (χ1) is 11.2. The number of benzene rings is 2. The van der Waals surface area contributed by atoms with Crippen LogP contribution in [0.2, 0.25) is 0 Å². The SMILES string of the molecule is COc1ccc(C(O)(CS(=O)c2cccc(C)c2)C(F)(F)F)cc1. The molecule has 2 aromatic carbocycles. The first-order valence-corrected chi connectivity index (χ1v) is 8.38. The van der Waals surface area contributed by atoms with Crippen LogP contribution in [0, 0.1) is 6.92 Å². The number of alkyl halides is 3. The quantitative estimate of drug-likeness (QED) is 0.889. The predicted octanol–water partition coefficient (Wildman–Crippen LogP) is 3.56. The number of halogens is 3. The minimum Gasteiger partial charge on any atom is -0.497 e. The summed E-state index contributed by atoms with van der Waals surface area (Å²) in [5, 5.41) is 10.3. The summed E-state index contributed by atoms with van der Waals surface area (Å²) in [6.07, 6.45) is -4.97. The van der Waals surface area contributed by atoms with Crippen LogP contribution >= 0.6 is 0 Å². The van der Waals surface area contributed by atoms with Gasteiger partial charge in [0.15, 0.2) is 5.60 Å². The number of rotatable bonds is 5. The molecule has 2 aromatic rings. The van der Waals surface area contributed by atoms with Crippen molar-refractivity contribution in [2.75, 3.05) is 12.9 Å². The Bertz CT molecular complexity index is 729. The van der Waals surface area contributed by atoms with Gasteiger partial charge < -0.3 is 9.84 Å². The topological polar surface area (TPSA) is 46.5 Å². The second kappa shape index (κ2) is 6.94. The molecule has 2 unspecified atom stereocenters. The van der Waals surface area contributed by atoms with E-state index < -0.39 is 28.3 Å². The van der Waals surface area contributed by atoms with Crippen LogP contribution in [0.25, 0.3) is 0 Å². The van der Waals surface area contributed by atoms with E-state index in [1.807, 2.05) is 0 Å². The summed E-state index contributed by atoms with van der Waals surface area (Å²) in [7, 11) is -0.632. The molecule has 0 radical (unpaired) electrons. The standard InChI is InChI=1S/C17H17F3O3S/c1-12-4-3-5-15(10-12)24(22)11-16(21,17(18,19)20)13-6-8-14(23-2)9-7-13/h3-10,21H,11H2,1-2H3. The lowest BCUT2D eigenvalue weighted by Gasteiger charge is -2.30. The minimum absolute atomic E-state index is 0.242. The molecule has 0 heterocycles. The maximum absolute atomic E-state index is 13.5. The van der Waals surface area contributed by atoms with Crippen LogP contribution in [0.3, 0.4) is 0 Å². The molecule has 0 amide bonds. The van der Waals surface area contributed by atoms with E-state index in [1.165, 1.54) is 25.3 Å². The molecule has 0 aliphatic carbocycles. The fraction of sp³-hybridized carbons (Fsp3) is 0.294. The fourth-order valence-corrected chi connectivity index (χ4v) is 3.65. The maximum atomic E-state index is 13.5. The third-order valence-corrected chi connectivity index (χ3v) is 5.09. The lowest BCUT2D eigenvalue weighted by atomic mass is 9.95. The molecule has 0 aromatic heterocycles. The van der Waals surface area contributed by atoms with Gasteiger partial charge in [0.05, 0.1) is 23.7 Å². The van der Waals surface area contributed by atoms with E-state index >= 15 is 0 Å². The Balaban J connectivity index is 2.39. The molecule has 1 N–H and O–H groups in total. The van der Waals surface area contributed by atoms with Gasteiger partial charge in [-0.15, -0.1) is 0 Å². The Morgan fingerprint density at radius 2 is 1.75 bits per heavy atom. The molecule has 0 saturated carbocycles. The van der Waals surface area contributed by atoms with Gasteiger partial charge in [0, 0.05) is 4.90 Å². The zero-order chi connectivity index (χ0) is 18.0. The van der Waals surface area contributed by atoms with E-state index in [-0.39, 0.29) is 10.5 Å². The van der Waals surface area contributed by atoms with Gasteiger partial charge in [-0.2, -0.15) is 13.2 Å². The van der Waals surface area contributed by atoms with E-state index in [0.717, 1.165) is 17.7 Å². The van der Waals surface area contributed by atoms with E-state index in [2.05, 4.69) is 0 Å². The van der Waals surface area contributed by atoms with Crippen LogP contribution in [0.15, 0.2) is 53.4 Å². The van der Waals surface area contributed by atoms with Crippen LogP contribution in [0.1, 0.15) is 11.1 Å². The van der Waals surface area contributed by atoms with Gasteiger partial charge in [-0.1, -0.05) is 24.3 Å². The van der Waals surface area contributed by atoms with Gasteiger partial charge in [0.25, 0.3) is 0 Å². The fourth-order valence-electron chi connectivity index (χ4n) is 2.23. The van der Waals surface area contributed by atoms with Gasteiger partial charge in [-0.05, 0) is 42.3 Å². The van der Waals surface area contributed by atoms with Gasteiger partial charge in [-0.25, -0.2) is 0 Å². The van der Waals surface area contributed by atoms with E-state index in [4.69, 9.17) is 4.74 Å². The smallest absolute Gasteiger partial charge is 0.422 e. The number of aryl methyl sites for hydroxylation is 1. The lowest BCUT2D eigenvalue weighted by molar-refractivity contribution is -0.256. The summed E-state index contributed by atoms with van der Waals surface area (Å²) in [6.45, 7) is 1.75. The maximum Gasteiger partial charge on any atom is 0.422 e. The summed E-state index contributed by atoms with van der Waals surface area (Å²) >= 11 is 0. The van der Waals surface area contributed by atoms with Gasteiger partial charge in [0.2, 0.25) is 0 Å². The molecule has 130 valence electrons. The number of hydrogen-bond acceptors (Lipinski definition) is 3. The van der Waals surface area contributed by atoms with Crippen LogP contribution in [0.4, 0.5) is 13.2 Å². The minimum atomic E-state index is -4.97. The first-order valence-electron chi connectivity index (χ1n) is 7.06. The Morgan fingerprint density at radius 3 is 2.25 bits per heavy atom. The van der Waals surface area contributed by atoms with Crippen molar-refractivity contribution in [2.24, 2.45) is 0 Å². The van der Waals surface area contributed by atoms with Gasteiger partial charge in [-0.3, -0.25) is 4.21 Å². The van der Waals surface area contributed by atoms with Crippen molar-refractivity contribution < 1.29 is 27.2 Å². The summed E-state index contributed by atoms with van der Waals surface area (Å²) in [5.41, 5.74) is -2.81. The predicted molar refractivity (Wildman–Crippen MR) is 85.4 cm³/mol. The number of aliphatic hydroxyl groups is 1. The molecule has 0 aliphatic rings. The highest BCUT2D eigenvalue weighted by atomic mass is 32.2. The largest absolute Gasteiger partial charge is 0.497 e. The van der Waals surface area contributed by atoms with E-state index in [9.17, 15) is 22.5 Å². The normalized spacial score (nSPS) is 15.6. The molecular formula is C17H17F3O3S. The highest BCUT2D eigenvalue weighted by molar-refractivity contribution is 7.85. The number of hydrogen-bond donors (Lipinski definition) is 1. The van der Waals surface area contributed by atoms with Crippen molar-refractivity contribution in [1.29, 1.82) is 0 Å². The third kappa shape index (κ3) is 3.79. The number of ether oxygens (including phenoxy) is 1. The highest BCUT2D eigenvalue weighted by Gasteiger charge is 2.56. The molecule has 0 bridgehead atoms. The summed E-state index contributed by atoms with van der Waals surface area (Å²) in [5.74, 6) is -0.616. The lowest BCUT2D eigenvalue weighted by Crippen LogP contribution is -2.46. The molecule has 0 spiro atoms. The molecule has 3 nitrogen and oxygen atoms in total. The monoisotopic (exact) mass is 358 g/mol. The highest BCUT2D eigenvalue weighted by Crippen LogP contribution is 2.40. The average Bonchev–Trinajstić information content (AvgIpc) is 2.53. The van der Waals surface area contributed by atoms with Gasteiger partial charge in [0.1, 0.15) is 5.75 Å². The van der Waals surface area contributed by atoms with E-state index in [0.29, 0.717) is 5.75 Å². The Kier molecular flexibility index (Phi) is 5.35. The molecule has 0 fully saturated rings. The molecule has 2 rings (SSSR count). The van der Waals surface area contributed by atoms with Crippen molar-refractivity contribution in [3.05, 3.63) is 59.7 Å². The molecule has 24 heavy (non-hydrogen) atoms. The zero-order valence-electron chi connectivity index (χ0n) is 13.1. The Hall–Kier alpha value is -1.86. The summed E-state index contributed by atoms with van der Waals surface area (Å²) in [4.78, 5) is 0.242. The first kappa shape index (κ1) is 18.5. The van der Waals surface area contributed by atoms with Crippen LogP contribution < -0.4 is 4.74 Å². The second-order valence-corrected chi connectivity index (χ2v) is 6.84. The van der Waals surface area contributed by atoms with Gasteiger partial charge >= 0.3 is 6.18 Å². The van der Waals surface area contributed by atoms with Crippen LogP contribution in [-0.4, -0.2) is 28.4 Å². The Labute approximate surface area is 140 Å². The average molecular weight is 358 g/mol. The summed E-state index contributed by atoms with van der Waals surface area (Å²) < 4.78 is 57.8. The number of methoxy groups -OCH3 is 1. The van der Waals surface area contributed by atoms with E-state index in [1.54, 1.807) is 25.1 Å². The second-order valence-electron chi connectivity index (χ2n) is 5.39.